The van der Waals surface area contributed by atoms with Crippen molar-refractivity contribution in [2.24, 2.45) is 5.10 Å². The molecule has 3 N–H and O–H groups in total. The molecule has 0 aromatic heterocycles. The number of nitrogens with zero attached hydrogens (tertiary/aromatic N) is 2. The molecular weight excluding hydrogens is 322 g/mol. The van der Waals surface area contributed by atoms with Gasteiger partial charge in [-0.1, -0.05) is 36.4 Å². The summed E-state index contributed by atoms with van der Waals surface area (Å²) in [6.07, 6.45) is 0. The van der Waals surface area contributed by atoms with Crippen LogP contribution in [0, 0.1) is 0 Å². The van der Waals surface area contributed by atoms with Crippen LogP contribution in [0.15, 0.2) is 65.8 Å². The van der Waals surface area contributed by atoms with Crippen molar-refractivity contribution in [3.05, 3.63) is 66.2 Å². The van der Waals surface area contributed by atoms with Gasteiger partial charge in [-0.2, -0.15) is 5.10 Å². The molecule has 0 radical (unpaired) electrons. The zero-order valence-electron chi connectivity index (χ0n) is 12.6. The van der Waals surface area contributed by atoms with Crippen LogP contribution < -0.4 is 10.3 Å². The summed E-state index contributed by atoms with van der Waals surface area (Å²) in [4.78, 5) is 1.91. The maximum absolute atomic E-state index is 10.2. The number of hydrogen-bond donors (Lipinski definition) is 4. The summed E-state index contributed by atoms with van der Waals surface area (Å²) in [5.74, 6) is 0.508. The third kappa shape index (κ3) is 2.32. The van der Waals surface area contributed by atoms with Crippen LogP contribution in [0.25, 0.3) is 10.8 Å². The molecule has 0 amide bonds. The minimum absolute atomic E-state index is 0.00180. The van der Waals surface area contributed by atoms with E-state index in [0.717, 1.165) is 16.5 Å². The lowest BCUT2D eigenvalue weighted by Crippen LogP contribution is -2.36. The number of phenolic OH excluding ortho intramolecular Hbond substituents is 2. The van der Waals surface area contributed by atoms with E-state index in [0.29, 0.717) is 11.4 Å². The normalized spacial score (nSPS) is 17.0. The number of thiol groups is 1. The average molecular weight is 337 g/mol. The first-order valence-corrected chi connectivity index (χ1v) is 7.97. The van der Waals surface area contributed by atoms with E-state index in [1.165, 1.54) is 12.1 Å². The quantitative estimate of drug-likeness (QED) is 0.542. The molecule has 0 saturated heterocycles. The molecule has 3 aromatic rings. The van der Waals surface area contributed by atoms with Gasteiger partial charge in [-0.3, -0.25) is 10.3 Å². The molecule has 120 valence electrons. The van der Waals surface area contributed by atoms with E-state index in [1.54, 1.807) is 6.07 Å². The van der Waals surface area contributed by atoms with Gasteiger partial charge < -0.3 is 10.2 Å². The molecule has 0 saturated carbocycles. The predicted octanol–water partition coefficient (Wildman–Crippen LogP) is 3.24. The molecule has 1 unspecified atom stereocenters. The highest BCUT2D eigenvalue weighted by Crippen LogP contribution is 2.34. The van der Waals surface area contributed by atoms with Gasteiger partial charge in [-0.15, -0.1) is 12.6 Å². The Morgan fingerprint density at radius 2 is 1.79 bits per heavy atom. The highest BCUT2D eigenvalue weighted by atomic mass is 32.1. The van der Waals surface area contributed by atoms with E-state index in [2.05, 4.69) is 23.2 Å². The second-order valence-corrected chi connectivity index (χ2v) is 6.00. The molecule has 0 aliphatic carbocycles. The number of aromatic hydroxyl groups is 2. The van der Waals surface area contributed by atoms with Crippen molar-refractivity contribution in [3.63, 3.8) is 0 Å². The molecule has 0 spiro atoms. The highest BCUT2D eigenvalue weighted by molar-refractivity contribution is 7.81. The van der Waals surface area contributed by atoms with Gasteiger partial charge in [-0.25, -0.2) is 0 Å². The Morgan fingerprint density at radius 3 is 2.62 bits per heavy atom. The van der Waals surface area contributed by atoms with Gasteiger partial charge in [0.05, 0.1) is 11.3 Å². The van der Waals surface area contributed by atoms with Crippen LogP contribution in [0.1, 0.15) is 5.56 Å². The molecule has 6 heteroatoms. The molecule has 1 atom stereocenters. The lowest BCUT2D eigenvalue weighted by molar-refractivity contribution is 0.450. The fourth-order valence-electron chi connectivity index (χ4n) is 2.91. The van der Waals surface area contributed by atoms with Crippen molar-refractivity contribution in [2.75, 3.05) is 4.90 Å². The standard InChI is InChI=1S/C18H15N3O2S/c22-12-8-9-14(16(23)10-12)17-19-20-18(24)21(17)15-7-3-5-11-4-1-2-6-13(11)15/h1-10,18,20,22-24H. The Hall–Kier alpha value is -2.86. The molecule has 0 fully saturated rings. The summed E-state index contributed by atoms with van der Waals surface area (Å²) < 4.78 is 0. The predicted molar refractivity (Wildman–Crippen MR) is 98.6 cm³/mol. The van der Waals surface area contributed by atoms with Crippen LogP contribution in [-0.4, -0.2) is 21.5 Å². The first kappa shape index (κ1) is 14.7. The monoisotopic (exact) mass is 337 g/mol. The maximum atomic E-state index is 10.2. The van der Waals surface area contributed by atoms with E-state index < -0.39 is 0 Å². The molecule has 0 bridgehead atoms. The fourth-order valence-corrected chi connectivity index (χ4v) is 3.20. The smallest absolute Gasteiger partial charge is 0.166 e. The van der Waals surface area contributed by atoms with E-state index in [9.17, 15) is 10.2 Å². The first-order valence-electron chi connectivity index (χ1n) is 7.46. The number of nitrogens with one attached hydrogen (secondary N) is 1. The maximum Gasteiger partial charge on any atom is 0.166 e. The lowest BCUT2D eigenvalue weighted by atomic mass is 10.1. The number of phenols is 2. The summed E-state index contributed by atoms with van der Waals surface area (Å²) in [6, 6.07) is 18.5. The van der Waals surface area contributed by atoms with Gasteiger partial charge in [0.1, 0.15) is 11.5 Å². The molecular formula is C18H15N3O2S. The molecule has 1 aliphatic heterocycles. The minimum Gasteiger partial charge on any atom is -0.508 e. The second kappa shape index (κ2) is 5.65. The summed E-state index contributed by atoms with van der Waals surface area (Å²) >= 11 is 4.56. The van der Waals surface area contributed by atoms with E-state index in [-0.39, 0.29) is 17.0 Å². The summed E-state index contributed by atoms with van der Waals surface area (Å²) in [5, 5.41) is 26.2. The van der Waals surface area contributed by atoms with E-state index in [4.69, 9.17) is 0 Å². The summed E-state index contributed by atoms with van der Waals surface area (Å²) in [5.41, 5.74) is 4.02. The lowest BCUT2D eigenvalue weighted by Gasteiger charge is -2.25. The van der Waals surface area contributed by atoms with Crippen molar-refractivity contribution < 1.29 is 10.2 Å². The van der Waals surface area contributed by atoms with Gasteiger partial charge in [-0.05, 0) is 23.6 Å². The fraction of sp³-hybridized carbons (Fsp3) is 0.0556. The second-order valence-electron chi connectivity index (χ2n) is 5.51. The van der Waals surface area contributed by atoms with Crippen LogP contribution >= 0.6 is 12.6 Å². The third-order valence-electron chi connectivity index (χ3n) is 4.01. The molecule has 24 heavy (non-hydrogen) atoms. The minimum atomic E-state index is -0.362. The van der Waals surface area contributed by atoms with Gasteiger partial charge in [0, 0.05) is 11.5 Å². The molecule has 5 nitrogen and oxygen atoms in total. The number of fused-ring (bicyclic) bond motifs is 1. The number of anilines is 1. The van der Waals surface area contributed by atoms with Crippen molar-refractivity contribution in [1.29, 1.82) is 0 Å². The van der Waals surface area contributed by atoms with E-state index in [1.807, 2.05) is 47.4 Å². The number of rotatable bonds is 2. The Labute approximate surface area is 144 Å². The molecule has 1 aliphatic rings. The largest absolute Gasteiger partial charge is 0.508 e. The SMILES string of the molecule is Oc1ccc(C2=NNC(S)N2c2cccc3ccccc23)c(O)c1. The van der Waals surface area contributed by atoms with Crippen LogP contribution in [0.4, 0.5) is 5.69 Å². The van der Waals surface area contributed by atoms with E-state index >= 15 is 0 Å². The van der Waals surface area contributed by atoms with Crippen molar-refractivity contribution in [1.82, 2.24) is 5.43 Å². The van der Waals surface area contributed by atoms with Crippen molar-refractivity contribution in [2.45, 2.75) is 5.50 Å². The molecule has 1 heterocycles. The number of benzene rings is 3. The number of hydrazone groups is 1. The van der Waals surface area contributed by atoms with Crippen molar-refractivity contribution in [3.8, 4) is 11.5 Å². The van der Waals surface area contributed by atoms with Crippen LogP contribution in [0.3, 0.4) is 0 Å². The van der Waals surface area contributed by atoms with Gasteiger partial charge in [0.15, 0.2) is 11.3 Å². The summed E-state index contributed by atoms with van der Waals surface area (Å²) in [7, 11) is 0. The van der Waals surface area contributed by atoms with Crippen LogP contribution in [0.2, 0.25) is 0 Å². The van der Waals surface area contributed by atoms with Crippen molar-refractivity contribution >= 4 is 34.9 Å². The molecule has 3 aromatic carbocycles. The number of amidine groups is 1. The van der Waals surface area contributed by atoms with Crippen LogP contribution in [0.5, 0.6) is 11.5 Å². The van der Waals surface area contributed by atoms with Gasteiger partial charge in [0.2, 0.25) is 0 Å². The zero-order valence-corrected chi connectivity index (χ0v) is 13.5. The van der Waals surface area contributed by atoms with Gasteiger partial charge in [0.25, 0.3) is 0 Å². The highest BCUT2D eigenvalue weighted by Gasteiger charge is 2.30. The average Bonchev–Trinajstić information content (AvgIpc) is 2.95. The Bertz CT molecular complexity index is 953. The topological polar surface area (TPSA) is 68.1 Å². The Morgan fingerprint density at radius 1 is 1.00 bits per heavy atom. The number of hydrogen-bond acceptors (Lipinski definition) is 6. The van der Waals surface area contributed by atoms with Crippen LogP contribution in [-0.2, 0) is 0 Å². The third-order valence-corrected chi connectivity index (χ3v) is 4.35. The zero-order chi connectivity index (χ0) is 16.7. The van der Waals surface area contributed by atoms with Gasteiger partial charge >= 0.3 is 0 Å². The Kier molecular flexibility index (Phi) is 3.46. The first-order chi connectivity index (χ1) is 11.6. The summed E-state index contributed by atoms with van der Waals surface area (Å²) in [6.45, 7) is 0. The Balaban J connectivity index is 1.87. The molecule has 4 rings (SSSR count).